The Bertz CT molecular complexity index is 534. The largest absolute Gasteiger partial charge is 0.383 e. The Labute approximate surface area is 133 Å². The molecule has 2 rings (SSSR count). The van der Waals surface area contributed by atoms with Gasteiger partial charge in [-0.3, -0.25) is 4.79 Å². The predicted octanol–water partition coefficient (Wildman–Crippen LogP) is 1.22. The average Bonchev–Trinajstić information content (AvgIpc) is 2.50. The Morgan fingerprint density at radius 3 is 2.95 bits per heavy atom. The van der Waals surface area contributed by atoms with Gasteiger partial charge in [-0.15, -0.1) is 0 Å². The molecule has 0 bridgehead atoms. The highest BCUT2D eigenvalue weighted by atomic mass is 79.9. The van der Waals surface area contributed by atoms with Gasteiger partial charge in [0, 0.05) is 19.7 Å². The molecule has 1 aliphatic heterocycles. The molecule has 0 aliphatic carbocycles. The molecule has 1 aromatic heterocycles. The maximum atomic E-state index is 12.3. The lowest BCUT2D eigenvalue weighted by atomic mass is 9.93. The summed E-state index contributed by atoms with van der Waals surface area (Å²) in [7, 11) is 1.61. The summed E-state index contributed by atoms with van der Waals surface area (Å²) in [5.41, 5.74) is 6.54. The third-order valence-corrected chi connectivity index (χ3v) is 4.84. The van der Waals surface area contributed by atoms with Crippen LogP contribution in [0.3, 0.4) is 0 Å². The maximum Gasteiger partial charge on any atom is 0.283 e. The van der Waals surface area contributed by atoms with Crippen LogP contribution in [0.1, 0.15) is 19.8 Å². The lowest BCUT2D eigenvalue weighted by molar-refractivity contribution is 0.181. The Morgan fingerprint density at radius 1 is 1.52 bits per heavy atom. The number of nitrogens with zero attached hydrogens (tertiary/aromatic N) is 3. The fourth-order valence-electron chi connectivity index (χ4n) is 2.70. The first-order valence-corrected chi connectivity index (χ1v) is 8.09. The SMILES string of the molecule is COCCn1ncc(N2CC(CN)CCC2C)c(Br)c1=O. The van der Waals surface area contributed by atoms with Crippen molar-refractivity contribution < 1.29 is 4.74 Å². The standard InChI is InChI=1S/C14H23BrN4O2/c1-10-3-4-11(7-16)9-18(10)12-8-17-19(5-6-21-2)14(20)13(12)15/h8,10-11H,3-7,9,16H2,1-2H3. The van der Waals surface area contributed by atoms with Gasteiger partial charge in [-0.05, 0) is 48.2 Å². The van der Waals surface area contributed by atoms with Crippen molar-refractivity contribution in [2.45, 2.75) is 32.4 Å². The summed E-state index contributed by atoms with van der Waals surface area (Å²) in [6.45, 7) is 4.65. The summed E-state index contributed by atoms with van der Waals surface area (Å²) < 4.78 is 6.98. The molecule has 1 fully saturated rings. The zero-order valence-electron chi connectivity index (χ0n) is 12.6. The molecule has 1 aromatic rings. The monoisotopic (exact) mass is 358 g/mol. The van der Waals surface area contributed by atoms with Crippen LogP contribution in [-0.2, 0) is 11.3 Å². The number of rotatable bonds is 5. The number of anilines is 1. The number of hydrogen-bond acceptors (Lipinski definition) is 5. The van der Waals surface area contributed by atoms with E-state index in [2.05, 4.69) is 32.9 Å². The van der Waals surface area contributed by atoms with Crippen molar-refractivity contribution in [3.63, 3.8) is 0 Å². The van der Waals surface area contributed by atoms with E-state index in [0.29, 0.717) is 36.1 Å². The fraction of sp³-hybridized carbons (Fsp3) is 0.714. The highest BCUT2D eigenvalue weighted by Gasteiger charge is 2.27. The molecule has 6 nitrogen and oxygen atoms in total. The second-order valence-electron chi connectivity index (χ2n) is 5.55. The van der Waals surface area contributed by atoms with Crippen molar-refractivity contribution in [1.29, 1.82) is 0 Å². The first-order chi connectivity index (χ1) is 10.1. The number of halogens is 1. The van der Waals surface area contributed by atoms with Crippen molar-refractivity contribution >= 4 is 21.6 Å². The van der Waals surface area contributed by atoms with E-state index in [9.17, 15) is 4.79 Å². The smallest absolute Gasteiger partial charge is 0.283 e. The van der Waals surface area contributed by atoms with Gasteiger partial charge in [0.05, 0.1) is 25.0 Å². The first kappa shape index (κ1) is 16.5. The summed E-state index contributed by atoms with van der Waals surface area (Å²) in [4.78, 5) is 14.6. The molecule has 1 saturated heterocycles. The van der Waals surface area contributed by atoms with Crippen molar-refractivity contribution in [3.8, 4) is 0 Å². The molecule has 0 amide bonds. The van der Waals surface area contributed by atoms with E-state index in [1.165, 1.54) is 4.68 Å². The summed E-state index contributed by atoms with van der Waals surface area (Å²) in [6, 6.07) is 0.389. The van der Waals surface area contributed by atoms with Crippen molar-refractivity contribution in [2.24, 2.45) is 11.7 Å². The average molecular weight is 359 g/mol. The molecule has 2 N–H and O–H groups in total. The normalized spacial score (nSPS) is 22.6. The molecular formula is C14H23BrN4O2. The van der Waals surface area contributed by atoms with Gasteiger partial charge < -0.3 is 15.4 Å². The zero-order valence-corrected chi connectivity index (χ0v) is 14.2. The van der Waals surface area contributed by atoms with Crippen LogP contribution in [0, 0.1) is 5.92 Å². The van der Waals surface area contributed by atoms with Crippen LogP contribution in [-0.4, -0.2) is 42.6 Å². The quantitative estimate of drug-likeness (QED) is 0.856. The lowest BCUT2D eigenvalue weighted by Gasteiger charge is -2.39. The Hall–Kier alpha value is -0.920. The number of aromatic nitrogens is 2. The van der Waals surface area contributed by atoms with E-state index in [-0.39, 0.29) is 5.56 Å². The first-order valence-electron chi connectivity index (χ1n) is 7.29. The molecule has 0 radical (unpaired) electrons. The van der Waals surface area contributed by atoms with Gasteiger partial charge in [0.1, 0.15) is 4.47 Å². The van der Waals surface area contributed by atoms with Crippen LogP contribution in [0.2, 0.25) is 0 Å². The summed E-state index contributed by atoms with van der Waals surface area (Å²) >= 11 is 3.44. The number of nitrogens with two attached hydrogens (primary N) is 1. The highest BCUT2D eigenvalue weighted by Crippen LogP contribution is 2.30. The van der Waals surface area contributed by atoms with E-state index in [4.69, 9.17) is 10.5 Å². The van der Waals surface area contributed by atoms with Crippen LogP contribution >= 0.6 is 15.9 Å². The van der Waals surface area contributed by atoms with Crippen LogP contribution in [0.15, 0.2) is 15.5 Å². The fourth-order valence-corrected chi connectivity index (χ4v) is 3.24. The predicted molar refractivity (Wildman–Crippen MR) is 86.7 cm³/mol. The molecule has 0 spiro atoms. The topological polar surface area (TPSA) is 73.4 Å². The van der Waals surface area contributed by atoms with Crippen molar-refractivity contribution in [3.05, 3.63) is 21.0 Å². The number of hydrogen-bond donors (Lipinski definition) is 1. The van der Waals surface area contributed by atoms with Gasteiger partial charge >= 0.3 is 0 Å². The summed E-state index contributed by atoms with van der Waals surface area (Å²) in [6.07, 6.45) is 3.99. The van der Waals surface area contributed by atoms with Crippen molar-refractivity contribution in [1.82, 2.24) is 9.78 Å². The molecule has 2 heterocycles. The van der Waals surface area contributed by atoms with Gasteiger partial charge in [-0.1, -0.05) is 0 Å². The molecule has 2 atom stereocenters. The molecule has 7 heteroatoms. The molecule has 118 valence electrons. The van der Waals surface area contributed by atoms with Gasteiger partial charge in [-0.2, -0.15) is 5.10 Å². The summed E-state index contributed by atoms with van der Waals surface area (Å²) in [5.74, 6) is 0.476. The molecular weight excluding hydrogens is 336 g/mol. The minimum Gasteiger partial charge on any atom is -0.383 e. The van der Waals surface area contributed by atoms with Crippen LogP contribution < -0.4 is 16.2 Å². The van der Waals surface area contributed by atoms with E-state index < -0.39 is 0 Å². The molecule has 21 heavy (non-hydrogen) atoms. The lowest BCUT2D eigenvalue weighted by Crippen LogP contribution is -2.45. The number of methoxy groups -OCH3 is 1. The van der Waals surface area contributed by atoms with Gasteiger partial charge in [0.2, 0.25) is 0 Å². The molecule has 2 unspecified atom stereocenters. The molecule has 0 aromatic carbocycles. The third-order valence-electron chi connectivity index (χ3n) is 4.10. The van der Waals surface area contributed by atoms with Gasteiger partial charge in [0.25, 0.3) is 5.56 Å². The van der Waals surface area contributed by atoms with Crippen molar-refractivity contribution in [2.75, 3.05) is 31.7 Å². The van der Waals surface area contributed by atoms with Crippen LogP contribution in [0.5, 0.6) is 0 Å². The van der Waals surface area contributed by atoms with E-state index in [1.54, 1.807) is 13.3 Å². The van der Waals surface area contributed by atoms with Crippen LogP contribution in [0.25, 0.3) is 0 Å². The zero-order chi connectivity index (χ0) is 15.4. The second-order valence-corrected chi connectivity index (χ2v) is 6.34. The molecule has 1 aliphatic rings. The highest BCUT2D eigenvalue weighted by molar-refractivity contribution is 9.10. The Balaban J connectivity index is 2.27. The van der Waals surface area contributed by atoms with Gasteiger partial charge in [0.15, 0.2) is 0 Å². The van der Waals surface area contributed by atoms with Crippen LogP contribution in [0.4, 0.5) is 5.69 Å². The minimum absolute atomic E-state index is 0.119. The Morgan fingerprint density at radius 2 is 2.29 bits per heavy atom. The van der Waals surface area contributed by atoms with E-state index in [0.717, 1.165) is 25.1 Å². The number of piperidine rings is 1. The van der Waals surface area contributed by atoms with E-state index in [1.807, 2.05) is 0 Å². The second kappa shape index (κ2) is 7.38. The Kier molecular flexibility index (Phi) is 5.78. The van der Waals surface area contributed by atoms with Gasteiger partial charge in [-0.25, -0.2) is 4.68 Å². The maximum absolute atomic E-state index is 12.3. The van der Waals surface area contributed by atoms with E-state index >= 15 is 0 Å². The minimum atomic E-state index is -0.119. The number of ether oxygens (including phenoxy) is 1. The third kappa shape index (κ3) is 3.64. The summed E-state index contributed by atoms with van der Waals surface area (Å²) in [5, 5.41) is 4.26. The molecule has 0 saturated carbocycles.